The summed E-state index contributed by atoms with van der Waals surface area (Å²) >= 11 is 0. The van der Waals surface area contributed by atoms with Gasteiger partial charge in [0, 0.05) is 0 Å². The summed E-state index contributed by atoms with van der Waals surface area (Å²) in [7, 11) is 0. The molecule has 0 heterocycles. The number of hydrogen-bond donors (Lipinski definition) is 0. The van der Waals surface area contributed by atoms with Crippen molar-refractivity contribution in [3.8, 4) is 0 Å². The molecule has 0 radical (unpaired) electrons. The topological polar surface area (TPSA) is 0 Å². The molecular weight excluding hydrogens is 156 g/mol. The summed E-state index contributed by atoms with van der Waals surface area (Å²) in [6.45, 7) is 8.18. The molecule has 1 rings (SSSR count). The maximum absolute atomic E-state index is 3.92. The molecule has 0 aliphatic carbocycles. The molecule has 0 amide bonds. The van der Waals surface area contributed by atoms with Crippen LogP contribution >= 0.6 is 0 Å². The van der Waals surface area contributed by atoms with Crippen LogP contribution < -0.4 is 0 Å². The van der Waals surface area contributed by atoms with Crippen molar-refractivity contribution in [1.82, 2.24) is 0 Å². The summed E-state index contributed by atoms with van der Waals surface area (Å²) in [4.78, 5) is 0. The van der Waals surface area contributed by atoms with E-state index in [-0.39, 0.29) is 0 Å². The number of allylic oxidation sites excluding steroid dienone is 1. The SMILES string of the molecule is C=C(C)c1ccc(CCCC)cc1. The van der Waals surface area contributed by atoms with Crippen LogP contribution in [0.2, 0.25) is 0 Å². The third-order valence-electron chi connectivity index (χ3n) is 2.27. The van der Waals surface area contributed by atoms with Crippen molar-refractivity contribution in [3.05, 3.63) is 42.0 Å². The average Bonchev–Trinajstić information content (AvgIpc) is 2.15. The fraction of sp³-hybridized carbons (Fsp3) is 0.385. The van der Waals surface area contributed by atoms with Crippen molar-refractivity contribution in [2.24, 2.45) is 0 Å². The van der Waals surface area contributed by atoms with E-state index in [1.165, 1.54) is 30.4 Å². The Morgan fingerprint density at radius 1 is 1.23 bits per heavy atom. The largest absolute Gasteiger partial charge is 0.0955 e. The van der Waals surface area contributed by atoms with E-state index >= 15 is 0 Å². The zero-order chi connectivity index (χ0) is 9.68. The monoisotopic (exact) mass is 174 g/mol. The van der Waals surface area contributed by atoms with Crippen LogP contribution in [-0.2, 0) is 6.42 Å². The molecular formula is C13H18. The first-order chi connectivity index (χ1) is 6.24. The maximum atomic E-state index is 3.92. The highest BCUT2D eigenvalue weighted by Crippen LogP contribution is 2.13. The summed E-state index contributed by atoms with van der Waals surface area (Å²) in [5, 5.41) is 0. The van der Waals surface area contributed by atoms with Crippen LogP contribution in [-0.4, -0.2) is 0 Å². The highest BCUT2D eigenvalue weighted by atomic mass is 14.0. The first kappa shape index (κ1) is 10.0. The van der Waals surface area contributed by atoms with Crippen molar-refractivity contribution in [2.75, 3.05) is 0 Å². The predicted molar refractivity (Wildman–Crippen MR) is 59.8 cm³/mol. The Morgan fingerprint density at radius 3 is 2.31 bits per heavy atom. The third-order valence-corrected chi connectivity index (χ3v) is 2.27. The Bertz CT molecular complexity index is 267. The maximum Gasteiger partial charge on any atom is -0.0233 e. The van der Waals surface area contributed by atoms with Gasteiger partial charge in [-0.15, -0.1) is 0 Å². The molecule has 0 nitrogen and oxygen atoms in total. The van der Waals surface area contributed by atoms with E-state index in [1.54, 1.807) is 0 Å². The normalized spacial score (nSPS) is 10.0. The fourth-order valence-electron chi connectivity index (χ4n) is 1.34. The molecule has 1 aromatic rings. The van der Waals surface area contributed by atoms with Gasteiger partial charge in [-0.05, 0) is 30.9 Å². The molecule has 13 heavy (non-hydrogen) atoms. The first-order valence-corrected chi connectivity index (χ1v) is 4.99. The van der Waals surface area contributed by atoms with Crippen LogP contribution in [0.5, 0.6) is 0 Å². The van der Waals surface area contributed by atoms with Gasteiger partial charge in [0.2, 0.25) is 0 Å². The highest BCUT2D eigenvalue weighted by Gasteiger charge is 1.94. The quantitative estimate of drug-likeness (QED) is 0.645. The van der Waals surface area contributed by atoms with Gasteiger partial charge in [-0.3, -0.25) is 0 Å². The minimum atomic E-state index is 1.14. The van der Waals surface area contributed by atoms with E-state index in [0.717, 1.165) is 5.57 Å². The number of hydrogen-bond acceptors (Lipinski definition) is 0. The number of aryl methyl sites for hydroxylation is 1. The molecule has 0 aliphatic rings. The van der Waals surface area contributed by atoms with Gasteiger partial charge in [-0.25, -0.2) is 0 Å². The molecule has 1 aromatic carbocycles. The molecule has 0 aliphatic heterocycles. The van der Waals surface area contributed by atoms with Gasteiger partial charge in [0.1, 0.15) is 0 Å². The Morgan fingerprint density at radius 2 is 1.85 bits per heavy atom. The molecule has 0 bridgehead atoms. The van der Waals surface area contributed by atoms with E-state index in [4.69, 9.17) is 0 Å². The number of unbranched alkanes of at least 4 members (excludes halogenated alkanes) is 1. The van der Waals surface area contributed by atoms with Crippen molar-refractivity contribution in [3.63, 3.8) is 0 Å². The average molecular weight is 174 g/mol. The summed E-state index contributed by atoms with van der Waals surface area (Å²) < 4.78 is 0. The minimum absolute atomic E-state index is 1.14. The van der Waals surface area contributed by atoms with E-state index in [0.29, 0.717) is 0 Å². The summed E-state index contributed by atoms with van der Waals surface area (Å²) in [5.41, 5.74) is 3.83. The molecule has 0 heteroatoms. The molecule has 0 unspecified atom stereocenters. The molecule has 0 fully saturated rings. The lowest BCUT2D eigenvalue weighted by Gasteiger charge is -2.02. The van der Waals surface area contributed by atoms with E-state index < -0.39 is 0 Å². The molecule has 0 saturated heterocycles. The van der Waals surface area contributed by atoms with Gasteiger partial charge in [-0.1, -0.05) is 49.8 Å². The van der Waals surface area contributed by atoms with E-state index in [2.05, 4.69) is 37.8 Å². The summed E-state index contributed by atoms with van der Waals surface area (Å²) in [6.07, 6.45) is 3.75. The second-order valence-corrected chi connectivity index (χ2v) is 3.58. The van der Waals surface area contributed by atoms with Crippen LogP contribution in [0.25, 0.3) is 5.57 Å². The van der Waals surface area contributed by atoms with Gasteiger partial charge >= 0.3 is 0 Å². The van der Waals surface area contributed by atoms with Crippen molar-refractivity contribution in [2.45, 2.75) is 33.1 Å². The zero-order valence-electron chi connectivity index (χ0n) is 8.64. The third kappa shape index (κ3) is 3.06. The second kappa shape index (κ2) is 4.86. The number of rotatable bonds is 4. The second-order valence-electron chi connectivity index (χ2n) is 3.58. The fourth-order valence-corrected chi connectivity index (χ4v) is 1.34. The molecule has 0 N–H and O–H groups in total. The molecule has 0 aromatic heterocycles. The van der Waals surface area contributed by atoms with Crippen molar-refractivity contribution >= 4 is 5.57 Å². The Kier molecular flexibility index (Phi) is 3.75. The zero-order valence-corrected chi connectivity index (χ0v) is 8.64. The van der Waals surface area contributed by atoms with Gasteiger partial charge in [-0.2, -0.15) is 0 Å². The van der Waals surface area contributed by atoms with Crippen LogP contribution in [0.15, 0.2) is 30.8 Å². The smallest absolute Gasteiger partial charge is 0.0233 e. The van der Waals surface area contributed by atoms with E-state index in [9.17, 15) is 0 Å². The van der Waals surface area contributed by atoms with Crippen molar-refractivity contribution < 1.29 is 0 Å². The highest BCUT2D eigenvalue weighted by molar-refractivity contribution is 5.61. The van der Waals surface area contributed by atoms with E-state index in [1.807, 2.05) is 6.92 Å². The van der Waals surface area contributed by atoms with Gasteiger partial charge in [0.15, 0.2) is 0 Å². The number of benzene rings is 1. The first-order valence-electron chi connectivity index (χ1n) is 4.99. The molecule has 0 saturated carbocycles. The van der Waals surface area contributed by atoms with Crippen LogP contribution in [0.1, 0.15) is 37.8 Å². The lowest BCUT2D eigenvalue weighted by molar-refractivity contribution is 0.795. The predicted octanol–water partition coefficient (Wildman–Crippen LogP) is 4.06. The summed E-state index contributed by atoms with van der Waals surface area (Å²) in [5.74, 6) is 0. The standard InChI is InChI=1S/C13H18/c1-4-5-6-12-7-9-13(10-8-12)11(2)3/h7-10H,2,4-6H2,1,3H3. The Labute approximate surface area is 81.3 Å². The van der Waals surface area contributed by atoms with Crippen LogP contribution in [0, 0.1) is 0 Å². The molecule has 0 spiro atoms. The Hall–Kier alpha value is -1.04. The molecule has 0 atom stereocenters. The van der Waals surface area contributed by atoms with Gasteiger partial charge in [0.25, 0.3) is 0 Å². The van der Waals surface area contributed by atoms with Crippen molar-refractivity contribution in [1.29, 1.82) is 0 Å². The van der Waals surface area contributed by atoms with Gasteiger partial charge in [0.05, 0.1) is 0 Å². The lowest BCUT2D eigenvalue weighted by atomic mass is 10.0. The summed E-state index contributed by atoms with van der Waals surface area (Å²) in [6, 6.07) is 8.74. The van der Waals surface area contributed by atoms with Gasteiger partial charge < -0.3 is 0 Å². The Balaban J connectivity index is 2.64. The molecule has 70 valence electrons. The minimum Gasteiger partial charge on any atom is -0.0955 e. The lowest BCUT2D eigenvalue weighted by Crippen LogP contribution is -1.85. The van der Waals surface area contributed by atoms with Crippen LogP contribution in [0.3, 0.4) is 0 Å². The van der Waals surface area contributed by atoms with Crippen LogP contribution in [0.4, 0.5) is 0 Å².